The van der Waals surface area contributed by atoms with Gasteiger partial charge in [0.05, 0.1) is 6.20 Å². The molecule has 0 aliphatic rings. The maximum Gasteiger partial charge on any atom is 0.326 e. The van der Waals surface area contributed by atoms with Gasteiger partial charge in [-0.3, -0.25) is 9.78 Å². The molecule has 1 aromatic rings. The van der Waals surface area contributed by atoms with Gasteiger partial charge in [-0.15, -0.1) is 0 Å². The number of carbonyl (C=O) groups excluding carboxylic acids is 1. The first kappa shape index (κ1) is 14.0. The zero-order valence-corrected chi connectivity index (χ0v) is 10.1. The molecule has 1 aromatic heterocycles. The molecule has 1 atom stereocenters. The maximum atomic E-state index is 11.5. The predicted octanol–water partition coefficient (Wildman–Crippen LogP) is 0.830. The van der Waals surface area contributed by atoms with Gasteiger partial charge < -0.3 is 15.2 Å². The van der Waals surface area contributed by atoms with E-state index >= 15 is 0 Å². The number of rotatable bonds is 7. The number of hydrogen-bond donors (Lipinski definition) is 2. The molecule has 6 nitrogen and oxygen atoms in total. The van der Waals surface area contributed by atoms with Crippen LogP contribution in [0.1, 0.15) is 19.8 Å². The molecule has 0 bridgehead atoms. The number of pyridine rings is 1. The van der Waals surface area contributed by atoms with Crippen LogP contribution in [-0.2, 0) is 9.59 Å². The van der Waals surface area contributed by atoms with Crippen LogP contribution in [0.3, 0.4) is 0 Å². The molecule has 0 aliphatic carbocycles. The Kier molecular flexibility index (Phi) is 5.63. The summed E-state index contributed by atoms with van der Waals surface area (Å²) < 4.78 is 5.16. The number of nitrogens with zero attached hydrogens (tertiary/aromatic N) is 1. The number of aromatic nitrogens is 1. The number of carbonyl (C=O) groups is 2. The van der Waals surface area contributed by atoms with E-state index in [9.17, 15) is 9.59 Å². The van der Waals surface area contributed by atoms with Crippen molar-refractivity contribution in [3.8, 4) is 5.75 Å². The lowest BCUT2D eigenvalue weighted by molar-refractivity contribution is -0.142. The number of ether oxygens (including phenoxy) is 1. The van der Waals surface area contributed by atoms with Crippen molar-refractivity contribution in [1.82, 2.24) is 10.3 Å². The van der Waals surface area contributed by atoms with E-state index in [1.54, 1.807) is 18.3 Å². The van der Waals surface area contributed by atoms with E-state index in [4.69, 9.17) is 9.84 Å². The van der Waals surface area contributed by atoms with Crippen molar-refractivity contribution >= 4 is 11.9 Å². The van der Waals surface area contributed by atoms with E-state index in [1.807, 2.05) is 6.92 Å². The molecule has 6 heteroatoms. The largest absolute Gasteiger partial charge is 0.482 e. The summed E-state index contributed by atoms with van der Waals surface area (Å²) in [6.07, 6.45) is 4.15. The second kappa shape index (κ2) is 7.26. The highest BCUT2D eigenvalue weighted by molar-refractivity contribution is 5.84. The average molecular weight is 252 g/mol. The Bertz CT molecular complexity index is 394. The van der Waals surface area contributed by atoms with Gasteiger partial charge in [0.2, 0.25) is 0 Å². The molecule has 0 fully saturated rings. The minimum atomic E-state index is -1.04. The topological polar surface area (TPSA) is 88.5 Å². The number of carboxylic acid groups (broad SMARTS) is 1. The quantitative estimate of drug-likeness (QED) is 0.750. The molecule has 0 saturated heterocycles. The maximum absolute atomic E-state index is 11.5. The van der Waals surface area contributed by atoms with Crippen LogP contribution in [0.4, 0.5) is 0 Å². The van der Waals surface area contributed by atoms with Gasteiger partial charge in [-0.1, -0.05) is 13.3 Å². The molecule has 1 amide bonds. The van der Waals surface area contributed by atoms with E-state index in [0.717, 1.165) is 0 Å². The fourth-order valence-electron chi connectivity index (χ4n) is 1.36. The fourth-order valence-corrected chi connectivity index (χ4v) is 1.36. The first-order valence-electron chi connectivity index (χ1n) is 5.68. The Morgan fingerprint density at radius 3 is 2.89 bits per heavy atom. The molecule has 0 saturated carbocycles. The monoisotopic (exact) mass is 252 g/mol. The smallest absolute Gasteiger partial charge is 0.326 e. The van der Waals surface area contributed by atoms with Crippen LogP contribution in [0.5, 0.6) is 5.75 Å². The van der Waals surface area contributed by atoms with Gasteiger partial charge in [-0.2, -0.15) is 0 Å². The van der Waals surface area contributed by atoms with Crippen LogP contribution in [0.2, 0.25) is 0 Å². The van der Waals surface area contributed by atoms with E-state index in [2.05, 4.69) is 10.3 Å². The van der Waals surface area contributed by atoms with Gasteiger partial charge in [0.1, 0.15) is 11.8 Å². The summed E-state index contributed by atoms with van der Waals surface area (Å²) in [6.45, 7) is 1.63. The molecule has 1 rings (SSSR count). The first-order chi connectivity index (χ1) is 8.63. The van der Waals surface area contributed by atoms with Gasteiger partial charge in [0.25, 0.3) is 5.91 Å². The summed E-state index contributed by atoms with van der Waals surface area (Å²) in [6, 6.07) is 2.49. The third-order valence-electron chi connectivity index (χ3n) is 2.21. The second-order valence-corrected chi connectivity index (χ2v) is 3.72. The lowest BCUT2D eigenvalue weighted by atomic mass is 10.2. The van der Waals surface area contributed by atoms with E-state index in [0.29, 0.717) is 18.6 Å². The summed E-state index contributed by atoms with van der Waals surface area (Å²) in [5, 5.41) is 11.3. The average Bonchev–Trinajstić information content (AvgIpc) is 2.37. The van der Waals surface area contributed by atoms with Crippen molar-refractivity contribution in [2.24, 2.45) is 0 Å². The number of hydrogen-bond acceptors (Lipinski definition) is 4. The molecule has 18 heavy (non-hydrogen) atoms. The van der Waals surface area contributed by atoms with Crippen LogP contribution >= 0.6 is 0 Å². The highest BCUT2D eigenvalue weighted by Crippen LogP contribution is 2.05. The molecule has 1 unspecified atom stereocenters. The third kappa shape index (κ3) is 4.82. The number of nitrogens with one attached hydrogen (secondary N) is 1. The minimum absolute atomic E-state index is 0.223. The summed E-state index contributed by atoms with van der Waals surface area (Å²) in [4.78, 5) is 26.2. The normalized spacial score (nSPS) is 11.6. The van der Waals surface area contributed by atoms with Crippen LogP contribution < -0.4 is 10.1 Å². The van der Waals surface area contributed by atoms with E-state index in [-0.39, 0.29) is 6.61 Å². The third-order valence-corrected chi connectivity index (χ3v) is 2.21. The number of amides is 1. The van der Waals surface area contributed by atoms with Crippen molar-refractivity contribution in [3.05, 3.63) is 24.5 Å². The molecular formula is C12H16N2O4. The van der Waals surface area contributed by atoms with Crippen LogP contribution in [0, 0.1) is 0 Å². The van der Waals surface area contributed by atoms with Gasteiger partial charge in [-0.05, 0) is 18.6 Å². The summed E-state index contributed by atoms with van der Waals surface area (Å²) in [5.41, 5.74) is 0. The zero-order valence-electron chi connectivity index (χ0n) is 10.1. The molecule has 0 radical (unpaired) electrons. The number of aliphatic carboxylic acids is 1. The van der Waals surface area contributed by atoms with Crippen LogP contribution in [0.25, 0.3) is 0 Å². The molecule has 2 N–H and O–H groups in total. The molecule has 0 aliphatic heterocycles. The fraction of sp³-hybridized carbons (Fsp3) is 0.417. The minimum Gasteiger partial charge on any atom is -0.482 e. The highest BCUT2D eigenvalue weighted by atomic mass is 16.5. The Hall–Kier alpha value is -2.11. The lowest BCUT2D eigenvalue weighted by Crippen LogP contribution is -2.42. The highest BCUT2D eigenvalue weighted by Gasteiger charge is 2.18. The standard InChI is InChI=1S/C12H16N2O4/c1-2-4-10(12(16)17)14-11(15)8-18-9-5-3-6-13-7-9/h3,5-7,10H,2,4,8H2,1H3,(H,14,15)(H,16,17). The SMILES string of the molecule is CCCC(NC(=O)COc1cccnc1)C(=O)O. The van der Waals surface area contributed by atoms with Crippen molar-refractivity contribution in [3.63, 3.8) is 0 Å². The van der Waals surface area contributed by atoms with E-state index < -0.39 is 17.9 Å². The Labute approximate surface area is 105 Å². The van der Waals surface area contributed by atoms with Crippen molar-refractivity contribution < 1.29 is 19.4 Å². The second-order valence-electron chi connectivity index (χ2n) is 3.72. The number of carboxylic acids is 1. The molecule has 1 heterocycles. The van der Waals surface area contributed by atoms with Gasteiger partial charge in [-0.25, -0.2) is 4.79 Å². The Morgan fingerprint density at radius 1 is 1.56 bits per heavy atom. The summed E-state index contributed by atoms with van der Waals surface area (Å²) in [5.74, 6) is -1.03. The molecule has 0 spiro atoms. The van der Waals surface area contributed by atoms with E-state index in [1.165, 1.54) is 6.20 Å². The summed E-state index contributed by atoms with van der Waals surface area (Å²) >= 11 is 0. The van der Waals surface area contributed by atoms with Crippen molar-refractivity contribution in [1.29, 1.82) is 0 Å². The molecule has 0 aromatic carbocycles. The molecule has 98 valence electrons. The lowest BCUT2D eigenvalue weighted by Gasteiger charge is -2.13. The van der Waals surface area contributed by atoms with Gasteiger partial charge >= 0.3 is 5.97 Å². The van der Waals surface area contributed by atoms with Gasteiger partial charge in [0, 0.05) is 6.20 Å². The van der Waals surface area contributed by atoms with Gasteiger partial charge in [0.15, 0.2) is 6.61 Å². The Morgan fingerprint density at radius 2 is 2.33 bits per heavy atom. The van der Waals surface area contributed by atoms with Crippen LogP contribution in [0.15, 0.2) is 24.5 Å². The molecular weight excluding hydrogens is 236 g/mol. The zero-order chi connectivity index (χ0) is 13.4. The first-order valence-corrected chi connectivity index (χ1v) is 5.68. The van der Waals surface area contributed by atoms with Crippen molar-refractivity contribution in [2.75, 3.05) is 6.61 Å². The summed E-state index contributed by atoms with van der Waals surface area (Å²) in [7, 11) is 0. The van der Waals surface area contributed by atoms with Crippen LogP contribution in [-0.4, -0.2) is 34.6 Å². The Balaban J connectivity index is 2.39. The predicted molar refractivity (Wildman–Crippen MR) is 64.2 cm³/mol. The van der Waals surface area contributed by atoms with Crippen molar-refractivity contribution in [2.45, 2.75) is 25.8 Å².